The Morgan fingerprint density at radius 1 is 1.03 bits per heavy atom. The lowest BCUT2D eigenvalue weighted by molar-refractivity contribution is -0.176. The van der Waals surface area contributed by atoms with Crippen molar-refractivity contribution in [2.75, 3.05) is 13.2 Å². The Morgan fingerprint density at radius 3 is 1.86 bits per heavy atom. The van der Waals surface area contributed by atoms with Gasteiger partial charge < -0.3 is 14.2 Å². The molecule has 1 atom stereocenters. The normalized spacial score (nSPS) is 12.7. The molecule has 0 spiro atoms. The van der Waals surface area contributed by atoms with Crippen LogP contribution in [-0.4, -0.2) is 42.4 Å². The summed E-state index contributed by atoms with van der Waals surface area (Å²) >= 11 is 5.89. The highest BCUT2D eigenvalue weighted by molar-refractivity contribution is 6.30. The molecule has 0 saturated heterocycles. The van der Waals surface area contributed by atoms with Crippen molar-refractivity contribution in [3.8, 4) is 0 Å². The monoisotopic (exact) mass is 428 g/mol. The van der Waals surface area contributed by atoms with E-state index in [0.29, 0.717) is 5.02 Å². The third-order valence-electron chi connectivity index (χ3n) is 3.76. The fourth-order valence-corrected chi connectivity index (χ4v) is 2.70. The van der Waals surface area contributed by atoms with Gasteiger partial charge in [-0.05, 0) is 52.3 Å². The van der Waals surface area contributed by atoms with Crippen LogP contribution in [0.5, 0.6) is 0 Å². The summed E-state index contributed by atoms with van der Waals surface area (Å²) in [6.07, 6.45) is 0. The Balaban J connectivity index is 3.62. The summed E-state index contributed by atoms with van der Waals surface area (Å²) in [4.78, 5) is 37.7. The zero-order valence-corrected chi connectivity index (χ0v) is 18.0. The summed E-state index contributed by atoms with van der Waals surface area (Å²) in [6.45, 7) is 11.0. The number of alkyl halides is 1. The summed E-state index contributed by atoms with van der Waals surface area (Å²) in [5.41, 5.74) is -4.59. The van der Waals surface area contributed by atoms with Crippen molar-refractivity contribution in [2.24, 2.45) is 0 Å². The molecule has 1 rings (SSSR count). The van der Waals surface area contributed by atoms with E-state index in [-0.39, 0.29) is 18.8 Å². The molecule has 0 aliphatic rings. The number of benzene rings is 1. The number of ether oxygens (including phenoxy) is 3. The molecule has 160 valence electrons. The minimum Gasteiger partial charge on any atom is -0.463 e. The van der Waals surface area contributed by atoms with Crippen molar-refractivity contribution in [1.29, 1.82) is 0 Å². The number of rotatable bonds is 8. The van der Waals surface area contributed by atoms with E-state index in [1.807, 2.05) is 0 Å². The van der Waals surface area contributed by atoms with Gasteiger partial charge in [-0.2, -0.15) is 0 Å². The van der Waals surface area contributed by atoms with E-state index in [1.165, 1.54) is 38.1 Å². The average Bonchev–Trinajstić information content (AvgIpc) is 2.62. The lowest BCUT2D eigenvalue weighted by atomic mass is 9.78. The first-order valence-electron chi connectivity index (χ1n) is 9.09. The third-order valence-corrected chi connectivity index (χ3v) is 4.01. The molecule has 1 aromatic rings. The van der Waals surface area contributed by atoms with E-state index >= 15 is 4.39 Å². The smallest absolute Gasteiger partial charge is 0.356 e. The highest BCUT2D eigenvalue weighted by Gasteiger charge is 2.59. The SMILES string of the molecule is C=C(C(=O)OC(C)(C)C)[C@@H](c1ccc(Cl)cc1)C(F)(C(=O)OCC)C(=O)OCC. The maximum Gasteiger partial charge on any atom is 0.356 e. The molecular formula is C21H26ClFO6. The van der Waals surface area contributed by atoms with Gasteiger partial charge in [0, 0.05) is 10.6 Å². The van der Waals surface area contributed by atoms with Crippen molar-refractivity contribution in [3.63, 3.8) is 0 Å². The fourth-order valence-electron chi connectivity index (χ4n) is 2.58. The Morgan fingerprint density at radius 2 is 1.48 bits per heavy atom. The zero-order chi connectivity index (χ0) is 22.4. The Labute approximate surface area is 175 Å². The topological polar surface area (TPSA) is 78.9 Å². The van der Waals surface area contributed by atoms with E-state index in [4.69, 9.17) is 25.8 Å². The maximum absolute atomic E-state index is 16.2. The van der Waals surface area contributed by atoms with Crippen LogP contribution in [0.4, 0.5) is 4.39 Å². The van der Waals surface area contributed by atoms with Crippen LogP contribution in [0, 0.1) is 0 Å². The van der Waals surface area contributed by atoms with Gasteiger partial charge in [-0.15, -0.1) is 0 Å². The Kier molecular flexibility index (Phi) is 8.38. The molecule has 29 heavy (non-hydrogen) atoms. The van der Waals surface area contributed by atoms with E-state index < -0.39 is 40.7 Å². The van der Waals surface area contributed by atoms with E-state index in [2.05, 4.69) is 6.58 Å². The average molecular weight is 429 g/mol. The Hall–Kier alpha value is -2.41. The molecule has 0 N–H and O–H groups in total. The van der Waals surface area contributed by atoms with Crippen molar-refractivity contribution in [1.82, 2.24) is 0 Å². The zero-order valence-electron chi connectivity index (χ0n) is 17.2. The van der Waals surface area contributed by atoms with Gasteiger partial charge in [0.1, 0.15) is 5.60 Å². The maximum atomic E-state index is 16.2. The van der Waals surface area contributed by atoms with Crippen LogP contribution < -0.4 is 0 Å². The molecule has 0 aromatic heterocycles. The molecule has 0 unspecified atom stereocenters. The molecule has 0 aliphatic heterocycles. The molecule has 0 heterocycles. The van der Waals surface area contributed by atoms with Crippen molar-refractivity contribution in [2.45, 2.75) is 51.8 Å². The highest BCUT2D eigenvalue weighted by Crippen LogP contribution is 2.41. The first kappa shape index (κ1) is 24.6. The number of carbonyl (C=O) groups is 3. The highest BCUT2D eigenvalue weighted by atomic mass is 35.5. The largest absolute Gasteiger partial charge is 0.463 e. The van der Waals surface area contributed by atoms with Crippen LogP contribution in [-0.2, 0) is 28.6 Å². The summed E-state index contributed by atoms with van der Waals surface area (Å²) in [7, 11) is 0. The van der Waals surface area contributed by atoms with Crippen LogP contribution >= 0.6 is 11.6 Å². The second-order valence-electron chi connectivity index (χ2n) is 7.16. The van der Waals surface area contributed by atoms with E-state index in [0.717, 1.165) is 0 Å². The molecule has 0 fully saturated rings. The van der Waals surface area contributed by atoms with Gasteiger partial charge in [0.2, 0.25) is 0 Å². The van der Waals surface area contributed by atoms with Crippen LogP contribution in [0.15, 0.2) is 36.4 Å². The molecular weight excluding hydrogens is 403 g/mol. The number of halogens is 2. The standard InChI is InChI=1S/C21H26ClFO6/c1-7-27-18(25)21(23,19(26)28-8-2)16(14-9-11-15(22)12-10-14)13(3)17(24)29-20(4,5)6/h9-12,16H,3,7-8H2,1-2,4-6H3/t16-/m0/s1. The molecule has 6 nitrogen and oxygen atoms in total. The summed E-state index contributed by atoms with van der Waals surface area (Å²) in [6, 6.07) is 5.64. The van der Waals surface area contributed by atoms with Gasteiger partial charge in [0.15, 0.2) is 0 Å². The van der Waals surface area contributed by atoms with Gasteiger partial charge in [-0.1, -0.05) is 30.3 Å². The van der Waals surface area contributed by atoms with Gasteiger partial charge in [0.25, 0.3) is 0 Å². The number of hydrogen-bond donors (Lipinski definition) is 0. The first-order chi connectivity index (χ1) is 13.4. The quantitative estimate of drug-likeness (QED) is 0.268. The molecule has 0 radical (unpaired) electrons. The predicted octanol–water partition coefficient (Wildman–Crippen LogP) is 4.16. The summed E-state index contributed by atoms with van der Waals surface area (Å²) in [5.74, 6) is -5.67. The van der Waals surface area contributed by atoms with E-state index in [9.17, 15) is 14.4 Å². The lowest BCUT2D eigenvalue weighted by Gasteiger charge is -2.32. The number of hydrogen-bond acceptors (Lipinski definition) is 6. The van der Waals surface area contributed by atoms with Crippen LogP contribution in [0.1, 0.15) is 46.1 Å². The first-order valence-corrected chi connectivity index (χ1v) is 9.47. The van der Waals surface area contributed by atoms with Gasteiger partial charge in [0.05, 0.1) is 19.1 Å². The second kappa shape index (κ2) is 9.87. The summed E-state index contributed by atoms with van der Waals surface area (Å²) in [5, 5.41) is 0.340. The predicted molar refractivity (Wildman–Crippen MR) is 106 cm³/mol. The van der Waals surface area contributed by atoms with Crippen LogP contribution in [0.3, 0.4) is 0 Å². The van der Waals surface area contributed by atoms with Crippen LogP contribution in [0.25, 0.3) is 0 Å². The molecule has 0 saturated carbocycles. The minimum atomic E-state index is -3.35. The van der Waals surface area contributed by atoms with Crippen molar-refractivity contribution in [3.05, 3.63) is 47.0 Å². The molecule has 0 aliphatic carbocycles. The molecule has 0 bridgehead atoms. The van der Waals surface area contributed by atoms with Gasteiger partial charge >= 0.3 is 23.6 Å². The van der Waals surface area contributed by atoms with E-state index in [1.54, 1.807) is 20.8 Å². The van der Waals surface area contributed by atoms with Crippen LogP contribution in [0.2, 0.25) is 5.02 Å². The van der Waals surface area contributed by atoms with Gasteiger partial charge in [-0.3, -0.25) is 0 Å². The Bertz CT molecular complexity index is 748. The lowest BCUT2D eigenvalue weighted by Crippen LogP contribution is -2.51. The van der Waals surface area contributed by atoms with Gasteiger partial charge in [-0.25, -0.2) is 18.8 Å². The molecule has 8 heteroatoms. The number of carbonyl (C=O) groups excluding carboxylic acids is 3. The van der Waals surface area contributed by atoms with Crippen molar-refractivity contribution < 1.29 is 33.0 Å². The number of esters is 3. The third kappa shape index (κ3) is 6.03. The minimum absolute atomic E-state index is 0.105. The second-order valence-corrected chi connectivity index (χ2v) is 7.60. The summed E-state index contributed by atoms with van der Waals surface area (Å²) < 4.78 is 31.1. The molecule has 0 amide bonds. The fraction of sp³-hybridized carbons (Fsp3) is 0.476. The molecule has 1 aromatic carbocycles. The van der Waals surface area contributed by atoms with Crippen molar-refractivity contribution >= 4 is 29.5 Å².